The van der Waals surface area contributed by atoms with Crippen molar-refractivity contribution >= 4 is 56.9 Å². The Kier molecular flexibility index (Phi) is 7.24. The molecule has 1 fully saturated rings. The number of imide groups is 1. The Labute approximate surface area is 251 Å². The molecular formula is C32H28BrClN2O5. The van der Waals surface area contributed by atoms with Crippen molar-refractivity contribution in [2.45, 2.75) is 38.1 Å². The summed E-state index contributed by atoms with van der Waals surface area (Å²) in [6.45, 7) is 3.27. The summed E-state index contributed by atoms with van der Waals surface area (Å²) < 4.78 is 6.09. The van der Waals surface area contributed by atoms with Crippen LogP contribution in [0, 0.1) is 17.8 Å². The van der Waals surface area contributed by atoms with E-state index in [1.165, 1.54) is 0 Å². The first-order chi connectivity index (χ1) is 19.7. The maximum Gasteiger partial charge on any atom is 0.329 e. The van der Waals surface area contributed by atoms with Crippen LogP contribution in [-0.4, -0.2) is 41.2 Å². The number of benzene rings is 3. The summed E-state index contributed by atoms with van der Waals surface area (Å²) in [5, 5.41) is 3.06. The second-order valence-electron chi connectivity index (χ2n) is 11.2. The van der Waals surface area contributed by atoms with Gasteiger partial charge in [0.1, 0.15) is 6.04 Å². The van der Waals surface area contributed by atoms with Crippen LogP contribution in [0.2, 0.25) is 5.02 Å². The Morgan fingerprint density at radius 3 is 1.88 bits per heavy atom. The molecule has 41 heavy (non-hydrogen) atoms. The molecule has 0 aromatic heterocycles. The van der Waals surface area contributed by atoms with Crippen LogP contribution in [0.15, 0.2) is 71.2 Å². The Morgan fingerprint density at radius 2 is 1.41 bits per heavy atom. The van der Waals surface area contributed by atoms with Gasteiger partial charge in [-0.15, -0.1) is 0 Å². The molecule has 210 valence electrons. The van der Waals surface area contributed by atoms with Crippen LogP contribution in [0.4, 0.5) is 5.69 Å². The van der Waals surface area contributed by atoms with E-state index in [2.05, 4.69) is 21.2 Å². The van der Waals surface area contributed by atoms with Gasteiger partial charge in [0, 0.05) is 22.0 Å². The average molecular weight is 636 g/mol. The van der Waals surface area contributed by atoms with Gasteiger partial charge in [-0.1, -0.05) is 74.0 Å². The first-order valence-electron chi connectivity index (χ1n) is 13.6. The van der Waals surface area contributed by atoms with Crippen LogP contribution in [0.1, 0.15) is 54.4 Å². The molecule has 9 heteroatoms. The molecule has 3 aromatic carbocycles. The number of anilines is 1. The second kappa shape index (κ2) is 10.7. The Bertz CT molecular complexity index is 1470. The van der Waals surface area contributed by atoms with Gasteiger partial charge in [0.05, 0.1) is 16.9 Å². The lowest BCUT2D eigenvalue weighted by atomic mass is 9.55. The zero-order valence-corrected chi connectivity index (χ0v) is 24.8. The molecule has 0 unspecified atom stereocenters. The Hall–Kier alpha value is -3.49. The van der Waals surface area contributed by atoms with E-state index in [1.54, 1.807) is 18.2 Å². The summed E-state index contributed by atoms with van der Waals surface area (Å²) in [6, 6.07) is 19.8. The van der Waals surface area contributed by atoms with Gasteiger partial charge in [-0.2, -0.15) is 0 Å². The molecular weight excluding hydrogens is 608 g/mol. The van der Waals surface area contributed by atoms with Gasteiger partial charge in [0.25, 0.3) is 5.91 Å². The van der Waals surface area contributed by atoms with Gasteiger partial charge < -0.3 is 10.1 Å². The molecule has 3 amide bonds. The van der Waals surface area contributed by atoms with Crippen molar-refractivity contribution < 1.29 is 23.9 Å². The molecule has 1 N–H and O–H groups in total. The molecule has 0 saturated carbocycles. The van der Waals surface area contributed by atoms with Crippen molar-refractivity contribution in [3.63, 3.8) is 0 Å². The number of esters is 1. The predicted octanol–water partition coefficient (Wildman–Crippen LogP) is 5.89. The number of ether oxygens (including phenoxy) is 1. The summed E-state index contributed by atoms with van der Waals surface area (Å²) in [4.78, 5) is 55.4. The maximum absolute atomic E-state index is 14.1. The fourth-order valence-electron chi connectivity index (χ4n) is 6.76. The van der Waals surface area contributed by atoms with Crippen molar-refractivity contribution in [1.29, 1.82) is 0 Å². The predicted molar refractivity (Wildman–Crippen MR) is 157 cm³/mol. The first kappa shape index (κ1) is 27.7. The molecule has 1 heterocycles. The first-order valence-corrected chi connectivity index (χ1v) is 14.8. The summed E-state index contributed by atoms with van der Waals surface area (Å²) in [7, 11) is 0. The topological polar surface area (TPSA) is 92.8 Å². The number of carbonyl (C=O) groups is 4. The highest BCUT2D eigenvalue weighted by atomic mass is 79.9. The third-order valence-corrected chi connectivity index (χ3v) is 9.54. The van der Waals surface area contributed by atoms with E-state index in [0.717, 1.165) is 27.2 Å². The van der Waals surface area contributed by atoms with Gasteiger partial charge in [-0.05, 0) is 68.7 Å². The largest absolute Gasteiger partial charge is 0.454 e. The van der Waals surface area contributed by atoms with Crippen LogP contribution in [0.3, 0.4) is 0 Å². The molecule has 3 aromatic rings. The highest BCUT2D eigenvalue weighted by Crippen LogP contribution is 2.61. The van der Waals surface area contributed by atoms with Gasteiger partial charge in [0.15, 0.2) is 6.61 Å². The third-order valence-electron chi connectivity index (χ3n) is 8.31. The number of likely N-dealkylation sites (tertiary alicyclic amines) is 1. The quantitative estimate of drug-likeness (QED) is 0.258. The van der Waals surface area contributed by atoms with Crippen LogP contribution < -0.4 is 5.32 Å². The molecule has 3 atom stereocenters. The van der Waals surface area contributed by atoms with Gasteiger partial charge in [-0.3, -0.25) is 19.3 Å². The summed E-state index contributed by atoms with van der Waals surface area (Å²) in [5.74, 6) is -3.76. The number of amides is 3. The highest BCUT2D eigenvalue weighted by molar-refractivity contribution is 9.10. The van der Waals surface area contributed by atoms with E-state index in [0.29, 0.717) is 15.2 Å². The fourth-order valence-corrected chi connectivity index (χ4v) is 7.19. The number of hydrogen-bond donors (Lipinski definition) is 1. The molecule has 0 radical (unpaired) electrons. The molecule has 2 bridgehead atoms. The minimum absolute atomic E-state index is 0.0133. The maximum atomic E-state index is 14.1. The van der Waals surface area contributed by atoms with Gasteiger partial charge in [-0.25, -0.2) is 4.79 Å². The SMILES string of the molecule is CC(C)C[C@H](C(=O)OCC(=O)Nc1ccc(Br)c(Cl)c1)N1C(=O)[C@@H]2C3c4ccccc4C(c4ccccc43)[C@@H]2C1=O. The van der Waals surface area contributed by atoms with Crippen molar-refractivity contribution in [3.05, 3.63) is 98.5 Å². The molecule has 7 nitrogen and oxygen atoms in total. The third kappa shape index (κ3) is 4.67. The molecule has 1 aliphatic heterocycles. The zero-order chi connectivity index (χ0) is 29.0. The number of halogens is 2. The lowest BCUT2D eigenvalue weighted by Gasteiger charge is -2.45. The number of nitrogens with zero attached hydrogens (tertiary/aromatic N) is 1. The van der Waals surface area contributed by atoms with Crippen molar-refractivity contribution in [1.82, 2.24) is 4.90 Å². The molecule has 0 spiro atoms. The van der Waals surface area contributed by atoms with Crippen molar-refractivity contribution in [2.75, 3.05) is 11.9 Å². The summed E-state index contributed by atoms with van der Waals surface area (Å²) >= 11 is 9.40. The zero-order valence-electron chi connectivity index (χ0n) is 22.5. The standard InChI is InChI=1S/C32H28BrClN2O5/c1-16(2)13-24(32(40)41-15-25(37)35-17-11-12-22(33)23(34)14-17)36-30(38)28-26-18-7-3-4-8-19(18)27(29(28)31(36)39)21-10-6-5-9-20(21)26/h3-12,14,16,24,26-29H,13,15H2,1-2H3,(H,35,37)/t24-,26?,27?,28-,29+/m1/s1. The van der Waals surface area contributed by atoms with E-state index >= 15 is 0 Å². The van der Waals surface area contributed by atoms with Crippen molar-refractivity contribution in [2.24, 2.45) is 17.8 Å². The fraction of sp³-hybridized carbons (Fsp3) is 0.312. The lowest BCUT2D eigenvalue weighted by molar-refractivity contribution is -0.160. The van der Waals surface area contributed by atoms with Crippen LogP contribution in [0.25, 0.3) is 0 Å². The number of rotatable bonds is 7. The average Bonchev–Trinajstić information content (AvgIpc) is 3.22. The number of carbonyl (C=O) groups excluding carboxylic acids is 4. The Balaban J connectivity index is 1.26. The van der Waals surface area contributed by atoms with E-state index in [4.69, 9.17) is 16.3 Å². The van der Waals surface area contributed by atoms with E-state index in [-0.39, 0.29) is 36.0 Å². The van der Waals surface area contributed by atoms with E-state index in [1.807, 2.05) is 62.4 Å². The van der Waals surface area contributed by atoms with E-state index < -0.39 is 36.4 Å². The van der Waals surface area contributed by atoms with Gasteiger partial charge in [0.2, 0.25) is 11.8 Å². The molecule has 4 aliphatic rings. The van der Waals surface area contributed by atoms with Crippen LogP contribution in [-0.2, 0) is 23.9 Å². The van der Waals surface area contributed by atoms with Crippen LogP contribution in [0.5, 0.6) is 0 Å². The van der Waals surface area contributed by atoms with Crippen LogP contribution >= 0.6 is 27.5 Å². The summed E-state index contributed by atoms with van der Waals surface area (Å²) in [6.07, 6.45) is 0.231. The minimum Gasteiger partial charge on any atom is -0.454 e. The smallest absolute Gasteiger partial charge is 0.329 e. The molecule has 7 rings (SSSR count). The monoisotopic (exact) mass is 634 g/mol. The normalized spacial score (nSPS) is 22.7. The van der Waals surface area contributed by atoms with Gasteiger partial charge >= 0.3 is 5.97 Å². The minimum atomic E-state index is -1.12. The Morgan fingerprint density at radius 1 is 0.902 bits per heavy atom. The van der Waals surface area contributed by atoms with Crippen molar-refractivity contribution in [3.8, 4) is 0 Å². The molecule has 3 aliphatic carbocycles. The molecule has 1 saturated heterocycles. The number of hydrogen-bond acceptors (Lipinski definition) is 5. The summed E-state index contributed by atoms with van der Waals surface area (Å²) in [5.41, 5.74) is 4.70. The number of nitrogens with one attached hydrogen (secondary N) is 1. The lowest BCUT2D eigenvalue weighted by Crippen LogP contribution is -2.47. The second-order valence-corrected chi connectivity index (χ2v) is 12.5. The highest BCUT2D eigenvalue weighted by Gasteiger charge is 2.63. The van der Waals surface area contributed by atoms with E-state index in [9.17, 15) is 19.2 Å².